The van der Waals surface area contributed by atoms with Gasteiger partial charge in [0.25, 0.3) is 0 Å². The maximum absolute atomic E-state index is 2.18. The van der Waals surface area contributed by atoms with Crippen LogP contribution in [-0.4, -0.2) is 0 Å². The van der Waals surface area contributed by atoms with E-state index in [-0.39, 0.29) is 27.7 Å². The third kappa shape index (κ3) is 11.4. The second-order valence-electron chi connectivity index (χ2n) is 1.000. The molecule has 0 aromatic carbocycles. The molecule has 0 atom stereocenters. The van der Waals surface area contributed by atoms with Crippen molar-refractivity contribution in [1.82, 2.24) is 0 Å². The normalized spacial score (nSPS) is 6.00. The van der Waals surface area contributed by atoms with E-state index in [0.717, 1.165) is 0 Å². The molecule has 0 spiro atoms. The SMILES string of the molecule is CCCC.[Hg+2]. The van der Waals surface area contributed by atoms with E-state index in [1.165, 1.54) is 12.8 Å². The van der Waals surface area contributed by atoms with Crippen LogP contribution < -0.4 is 0 Å². The number of hydrogen-bond acceptors (Lipinski definition) is 0. The van der Waals surface area contributed by atoms with Crippen molar-refractivity contribution in [2.75, 3.05) is 0 Å². The van der Waals surface area contributed by atoms with Gasteiger partial charge < -0.3 is 0 Å². The average molecular weight is 259 g/mol. The number of rotatable bonds is 1. The fourth-order valence-corrected chi connectivity index (χ4v) is 0. The van der Waals surface area contributed by atoms with E-state index in [1.54, 1.807) is 0 Å². The van der Waals surface area contributed by atoms with Crippen molar-refractivity contribution in [2.45, 2.75) is 26.7 Å². The third-order valence-corrected chi connectivity index (χ3v) is 0.500. The minimum Gasteiger partial charge on any atom is -0.0654 e. The van der Waals surface area contributed by atoms with Gasteiger partial charge in [-0.2, -0.15) is 0 Å². The molecule has 0 aliphatic heterocycles. The summed E-state index contributed by atoms with van der Waals surface area (Å²) in [6, 6.07) is 0. The molecule has 0 aromatic heterocycles. The predicted molar refractivity (Wildman–Crippen MR) is 20.6 cm³/mol. The summed E-state index contributed by atoms with van der Waals surface area (Å²) in [7, 11) is 0. The van der Waals surface area contributed by atoms with E-state index in [0.29, 0.717) is 0 Å². The summed E-state index contributed by atoms with van der Waals surface area (Å²) < 4.78 is 0. The molecule has 0 unspecified atom stereocenters. The summed E-state index contributed by atoms with van der Waals surface area (Å²) in [6.45, 7) is 4.36. The molecule has 0 aromatic rings. The minimum atomic E-state index is 0. The van der Waals surface area contributed by atoms with Crippen molar-refractivity contribution in [3.05, 3.63) is 0 Å². The summed E-state index contributed by atoms with van der Waals surface area (Å²) in [6.07, 6.45) is 2.64. The molecule has 0 saturated carbocycles. The van der Waals surface area contributed by atoms with Gasteiger partial charge >= 0.3 is 27.7 Å². The van der Waals surface area contributed by atoms with Gasteiger partial charge in [0, 0.05) is 0 Å². The van der Waals surface area contributed by atoms with Crippen LogP contribution in [0.4, 0.5) is 0 Å². The summed E-state index contributed by atoms with van der Waals surface area (Å²) in [4.78, 5) is 0. The van der Waals surface area contributed by atoms with Gasteiger partial charge in [-0.05, 0) is 0 Å². The fraction of sp³-hybridized carbons (Fsp3) is 1.00. The Kier molecular flexibility index (Phi) is 16.6. The maximum atomic E-state index is 2.18. The van der Waals surface area contributed by atoms with Crippen LogP contribution in [-0.2, 0) is 27.7 Å². The van der Waals surface area contributed by atoms with Crippen LogP contribution in [0.1, 0.15) is 26.7 Å². The molecule has 0 N–H and O–H groups in total. The molecule has 0 amide bonds. The summed E-state index contributed by atoms with van der Waals surface area (Å²) in [5.74, 6) is 0. The first-order chi connectivity index (χ1) is 1.91. The van der Waals surface area contributed by atoms with E-state index >= 15 is 0 Å². The van der Waals surface area contributed by atoms with E-state index < -0.39 is 0 Å². The van der Waals surface area contributed by atoms with Crippen molar-refractivity contribution < 1.29 is 27.7 Å². The van der Waals surface area contributed by atoms with Crippen LogP contribution in [0.2, 0.25) is 0 Å². The van der Waals surface area contributed by atoms with E-state index in [4.69, 9.17) is 0 Å². The van der Waals surface area contributed by atoms with Gasteiger partial charge in [-0.15, -0.1) is 0 Å². The Morgan fingerprint density at radius 1 is 1.00 bits per heavy atom. The van der Waals surface area contributed by atoms with Crippen molar-refractivity contribution >= 4 is 0 Å². The van der Waals surface area contributed by atoms with Crippen LogP contribution in [0.15, 0.2) is 0 Å². The summed E-state index contributed by atoms with van der Waals surface area (Å²) >= 11 is 0. The van der Waals surface area contributed by atoms with E-state index in [9.17, 15) is 0 Å². The van der Waals surface area contributed by atoms with Crippen LogP contribution in [0.5, 0.6) is 0 Å². The van der Waals surface area contributed by atoms with Crippen LogP contribution in [0, 0.1) is 0 Å². The Labute approximate surface area is 54.5 Å². The molecule has 0 fully saturated rings. The van der Waals surface area contributed by atoms with Gasteiger partial charge in [0.2, 0.25) is 0 Å². The van der Waals surface area contributed by atoms with Gasteiger partial charge in [-0.25, -0.2) is 0 Å². The average Bonchev–Trinajstić information content (AvgIpc) is 1.37. The molecule has 26 valence electrons. The molecule has 0 heterocycles. The molecule has 0 radical (unpaired) electrons. The molecule has 0 nitrogen and oxygen atoms in total. The maximum Gasteiger partial charge on any atom is 2.00 e. The first-order valence-electron chi connectivity index (χ1n) is 1.91. The molecular formula is C4H10Hg+2. The van der Waals surface area contributed by atoms with Gasteiger partial charge in [0.15, 0.2) is 0 Å². The van der Waals surface area contributed by atoms with Gasteiger partial charge in [-0.3, -0.25) is 0 Å². The molecule has 0 aliphatic rings. The van der Waals surface area contributed by atoms with Crippen LogP contribution in [0.3, 0.4) is 0 Å². The monoisotopic (exact) mass is 260 g/mol. The second-order valence-corrected chi connectivity index (χ2v) is 1.000. The molecule has 5 heavy (non-hydrogen) atoms. The Hall–Kier alpha value is 0.935. The molecule has 0 bridgehead atoms. The zero-order valence-corrected chi connectivity index (χ0v) is 9.62. The fourth-order valence-electron chi connectivity index (χ4n) is 0. The van der Waals surface area contributed by atoms with Gasteiger partial charge in [-0.1, -0.05) is 26.7 Å². The van der Waals surface area contributed by atoms with Crippen molar-refractivity contribution in [2.24, 2.45) is 0 Å². The first-order valence-corrected chi connectivity index (χ1v) is 1.91. The molecule has 0 aliphatic carbocycles. The molecular weight excluding hydrogens is 249 g/mol. The van der Waals surface area contributed by atoms with Crippen molar-refractivity contribution in [1.29, 1.82) is 0 Å². The van der Waals surface area contributed by atoms with E-state index in [2.05, 4.69) is 13.8 Å². The minimum absolute atomic E-state index is 0. The van der Waals surface area contributed by atoms with Crippen LogP contribution in [0.25, 0.3) is 0 Å². The predicted octanol–water partition coefficient (Wildman–Crippen LogP) is 1.80. The zero-order chi connectivity index (χ0) is 3.41. The topological polar surface area (TPSA) is 0 Å². The van der Waals surface area contributed by atoms with Gasteiger partial charge in [0.1, 0.15) is 0 Å². The smallest absolute Gasteiger partial charge is 0.0654 e. The standard InChI is InChI=1S/C4H10.Hg/c1-3-4-2;/h3-4H2,1-2H3;/q;+2. The Morgan fingerprint density at radius 2 is 1.20 bits per heavy atom. The molecule has 0 rings (SSSR count). The summed E-state index contributed by atoms with van der Waals surface area (Å²) in [5, 5.41) is 0. The van der Waals surface area contributed by atoms with Crippen molar-refractivity contribution in [3.8, 4) is 0 Å². The Balaban J connectivity index is 0. The molecule has 1 heteroatoms. The zero-order valence-electron chi connectivity index (χ0n) is 4.12. The quantitative estimate of drug-likeness (QED) is 0.630. The number of hydrogen-bond donors (Lipinski definition) is 0. The Bertz CT molecular complexity index is 5.61. The van der Waals surface area contributed by atoms with Gasteiger partial charge in [0.05, 0.1) is 0 Å². The first kappa shape index (κ1) is 9.33. The largest absolute Gasteiger partial charge is 2.00 e. The second kappa shape index (κ2) is 8.87. The summed E-state index contributed by atoms with van der Waals surface area (Å²) in [5.41, 5.74) is 0. The van der Waals surface area contributed by atoms with E-state index in [1.807, 2.05) is 0 Å². The number of unbranched alkanes of at least 4 members (excludes halogenated alkanes) is 1. The van der Waals surface area contributed by atoms with Crippen LogP contribution >= 0.6 is 0 Å². The molecule has 0 saturated heterocycles. The Morgan fingerprint density at radius 3 is 1.20 bits per heavy atom. The third-order valence-electron chi connectivity index (χ3n) is 0.500. The van der Waals surface area contributed by atoms with Crippen molar-refractivity contribution in [3.63, 3.8) is 0 Å².